The largest absolute Gasteiger partial charge is 0.490 e. The molecule has 4 rings (SSSR count). The van der Waals surface area contributed by atoms with Crippen LogP contribution in [-0.2, 0) is 40.4 Å². The van der Waals surface area contributed by atoms with Crippen molar-refractivity contribution in [3.8, 4) is 0 Å². The fraction of sp³-hybridized carbons (Fsp3) is 0.333. The lowest BCUT2D eigenvalue weighted by Crippen LogP contribution is -2.38. The van der Waals surface area contributed by atoms with Gasteiger partial charge in [0, 0.05) is 25.1 Å². The van der Waals surface area contributed by atoms with Crippen LogP contribution in [0.5, 0.6) is 0 Å². The van der Waals surface area contributed by atoms with Gasteiger partial charge in [-0.1, -0.05) is 0 Å². The molecule has 4 heterocycles. The van der Waals surface area contributed by atoms with Gasteiger partial charge in [0.25, 0.3) is 0 Å². The third-order valence-corrected chi connectivity index (χ3v) is 4.69. The van der Waals surface area contributed by atoms with Gasteiger partial charge in [0.15, 0.2) is 0 Å². The number of halogens is 3. The van der Waals surface area contributed by atoms with Crippen LogP contribution in [0.1, 0.15) is 17.0 Å². The molecule has 1 unspecified atom stereocenters. The number of carboxylic acid groups (broad SMARTS) is 1. The number of hydrogen-bond donors (Lipinski definition) is 1. The number of nitrogens with zero attached hydrogens (tertiary/aromatic N) is 4. The third kappa shape index (κ3) is 7.17. The molecule has 0 aromatic carbocycles. The van der Waals surface area contributed by atoms with Crippen molar-refractivity contribution in [1.82, 2.24) is 19.7 Å². The highest BCUT2D eigenvalue weighted by atomic mass is 19.4. The van der Waals surface area contributed by atoms with Gasteiger partial charge in [-0.25, -0.2) is 4.79 Å². The second-order valence-electron chi connectivity index (χ2n) is 7.13. The number of carbonyl (C=O) groups excluding carboxylic acids is 1. The van der Waals surface area contributed by atoms with Crippen LogP contribution in [0.4, 0.5) is 13.2 Å². The quantitative estimate of drug-likeness (QED) is 0.616. The van der Waals surface area contributed by atoms with Crippen LogP contribution in [0.15, 0.2) is 59.6 Å². The van der Waals surface area contributed by atoms with Crippen LogP contribution in [-0.4, -0.2) is 55.5 Å². The minimum Gasteiger partial charge on any atom is -0.475 e. The fourth-order valence-corrected chi connectivity index (χ4v) is 3.08. The molecule has 1 aliphatic rings. The second-order valence-corrected chi connectivity index (χ2v) is 7.13. The first-order chi connectivity index (χ1) is 15.7. The van der Waals surface area contributed by atoms with Gasteiger partial charge in [-0.2, -0.15) is 18.3 Å². The number of hydrogen-bond acceptors (Lipinski definition) is 6. The summed E-state index contributed by atoms with van der Waals surface area (Å²) in [4.78, 5) is 27.5. The van der Waals surface area contributed by atoms with Crippen molar-refractivity contribution in [3.05, 3.63) is 72.2 Å². The number of carbonyl (C=O) groups is 2. The van der Waals surface area contributed by atoms with E-state index in [1.54, 1.807) is 30.9 Å². The van der Waals surface area contributed by atoms with E-state index in [1.165, 1.54) is 0 Å². The molecule has 0 aliphatic carbocycles. The first-order valence-electron chi connectivity index (χ1n) is 9.84. The summed E-state index contributed by atoms with van der Waals surface area (Å²) in [6.07, 6.45) is 1.87. The Labute approximate surface area is 186 Å². The van der Waals surface area contributed by atoms with Crippen LogP contribution in [0, 0.1) is 0 Å². The summed E-state index contributed by atoms with van der Waals surface area (Å²) in [5.74, 6) is -2.07. The van der Waals surface area contributed by atoms with Crippen LogP contribution in [0.2, 0.25) is 0 Å². The summed E-state index contributed by atoms with van der Waals surface area (Å²) < 4.78 is 45.0. The van der Waals surface area contributed by atoms with Crippen LogP contribution >= 0.6 is 0 Å². The van der Waals surface area contributed by atoms with Crippen molar-refractivity contribution < 1.29 is 37.0 Å². The van der Waals surface area contributed by atoms with E-state index in [1.807, 2.05) is 33.8 Å². The summed E-state index contributed by atoms with van der Waals surface area (Å²) in [6.45, 7) is 2.14. The fourth-order valence-electron chi connectivity index (χ4n) is 3.08. The summed E-state index contributed by atoms with van der Waals surface area (Å²) >= 11 is 0. The Bertz CT molecular complexity index is 1040. The zero-order valence-electron chi connectivity index (χ0n) is 17.3. The van der Waals surface area contributed by atoms with Gasteiger partial charge in [0.1, 0.15) is 5.76 Å². The minimum atomic E-state index is -5.08. The lowest BCUT2D eigenvalue weighted by atomic mass is 10.2. The Kier molecular flexibility index (Phi) is 7.83. The van der Waals surface area contributed by atoms with Crippen molar-refractivity contribution in [2.24, 2.45) is 0 Å². The monoisotopic (exact) mass is 466 g/mol. The van der Waals surface area contributed by atoms with Crippen LogP contribution in [0.3, 0.4) is 0 Å². The van der Waals surface area contributed by atoms with Crippen LogP contribution < -0.4 is 0 Å². The molecule has 0 radical (unpaired) electrons. The third-order valence-electron chi connectivity index (χ3n) is 4.69. The molecule has 3 aromatic rings. The summed E-state index contributed by atoms with van der Waals surface area (Å²) in [7, 11) is 0. The summed E-state index contributed by atoms with van der Waals surface area (Å²) in [6, 6.07) is 9.41. The number of furan rings is 1. The van der Waals surface area contributed by atoms with E-state index in [4.69, 9.17) is 19.1 Å². The zero-order chi connectivity index (χ0) is 23.8. The summed E-state index contributed by atoms with van der Waals surface area (Å²) in [5, 5.41) is 11.5. The van der Waals surface area contributed by atoms with Gasteiger partial charge < -0.3 is 19.2 Å². The first kappa shape index (κ1) is 24.0. The molecule has 1 aliphatic heterocycles. The maximum Gasteiger partial charge on any atom is 0.490 e. The lowest BCUT2D eigenvalue weighted by molar-refractivity contribution is -0.192. The number of amides is 1. The van der Waals surface area contributed by atoms with E-state index in [9.17, 15) is 18.0 Å². The first-order valence-corrected chi connectivity index (χ1v) is 9.84. The van der Waals surface area contributed by atoms with E-state index >= 15 is 0 Å². The van der Waals surface area contributed by atoms with Gasteiger partial charge in [-0.15, -0.1) is 0 Å². The Balaban J connectivity index is 0.000000383. The molecule has 0 saturated heterocycles. The molecular formula is C21H21F3N4O5. The Morgan fingerprint density at radius 2 is 1.88 bits per heavy atom. The minimum absolute atomic E-state index is 0.0205. The van der Waals surface area contributed by atoms with Crippen molar-refractivity contribution in [3.63, 3.8) is 0 Å². The Morgan fingerprint density at radius 3 is 2.52 bits per heavy atom. The maximum absolute atomic E-state index is 12.7. The number of carboxylic acids is 1. The van der Waals surface area contributed by atoms with Crippen molar-refractivity contribution >= 4 is 11.9 Å². The normalized spacial score (nSPS) is 15.7. The number of rotatable bonds is 5. The van der Waals surface area contributed by atoms with Gasteiger partial charge >= 0.3 is 12.1 Å². The van der Waals surface area contributed by atoms with Crippen molar-refractivity contribution in [2.75, 3.05) is 6.54 Å². The topological polar surface area (TPSA) is 111 Å². The van der Waals surface area contributed by atoms with E-state index in [0.29, 0.717) is 32.0 Å². The SMILES string of the molecule is O=C(Cc1ccco1)N1Cc2ccnn2CC(OCc2ccncc2)C1.O=C(O)C(F)(F)F. The molecule has 3 aromatic heterocycles. The van der Waals surface area contributed by atoms with Crippen molar-refractivity contribution in [2.45, 2.75) is 38.4 Å². The van der Waals surface area contributed by atoms with E-state index < -0.39 is 12.1 Å². The van der Waals surface area contributed by atoms with Crippen LogP contribution in [0.25, 0.3) is 0 Å². The highest BCUT2D eigenvalue weighted by Gasteiger charge is 2.38. The van der Waals surface area contributed by atoms with Crippen molar-refractivity contribution in [1.29, 1.82) is 0 Å². The molecule has 0 spiro atoms. The smallest absolute Gasteiger partial charge is 0.475 e. The Morgan fingerprint density at radius 1 is 1.15 bits per heavy atom. The molecule has 0 saturated carbocycles. The molecule has 0 bridgehead atoms. The highest BCUT2D eigenvalue weighted by molar-refractivity contribution is 5.78. The molecule has 0 fully saturated rings. The molecule has 176 valence electrons. The predicted octanol–water partition coefficient (Wildman–Crippen LogP) is 2.67. The molecule has 12 heteroatoms. The maximum atomic E-state index is 12.7. The molecular weight excluding hydrogens is 445 g/mol. The molecule has 1 N–H and O–H groups in total. The Hall–Kier alpha value is -3.67. The molecule has 1 atom stereocenters. The van der Waals surface area contributed by atoms with E-state index in [-0.39, 0.29) is 18.4 Å². The standard InChI is InChI=1S/C19H20N4O3.C2HF3O2/c24-19(10-17-2-1-9-25-17)22-11-16-5-8-21-23(16)13-18(12-22)26-14-15-3-6-20-7-4-15;3-2(4,5)1(6)7/h1-9,18H,10-14H2;(H,6,7). The average molecular weight is 466 g/mol. The van der Waals surface area contributed by atoms with E-state index in [2.05, 4.69) is 10.1 Å². The van der Waals surface area contributed by atoms with Gasteiger partial charge in [-0.05, 0) is 35.9 Å². The highest BCUT2D eigenvalue weighted by Crippen LogP contribution is 2.17. The lowest BCUT2D eigenvalue weighted by Gasteiger charge is -2.24. The number of pyridine rings is 1. The van der Waals surface area contributed by atoms with Gasteiger partial charge in [0.05, 0.1) is 44.2 Å². The van der Waals surface area contributed by atoms with Gasteiger partial charge in [0.2, 0.25) is 5.91 Å². The number of alkyl halides is 3. The van der Waals surface area contributed by atoms with E-state index in [0.717, 1.165) is 11.3 Å². The number of aliphatic carboxylic acids is 1. The number of aromatic nitrogens is 3. The average Bonchev–Trinajstić information content (AvgIpc) is 3.41. The van der Waals surface area contributed by atoms with Gasteiger partial charge in [-0.3, -0.25) is 14.5 Å². The molecule has 1 amide bonds. The zero-order valence-corrected chi connectivity index (χ0v) is 17.3. The second kappa shape index (κ2) is 10.8. The molecule has 9 nitrogen and oxygen atoms in total. The molecule has 33 heavy (non-hydrogen) atoms. The summed E-state index contributed by atoms with van der Waals surface area (Å²) in [5.41, 5.74) is 2.06. The predicted molar refractivity (Wildman–Crippen MR) is 107 cm³/mol. The number of ether oxygens (including phenoxy) is 1. The number of fused-ring (bicyclic) bond motifs is 1.